The zero-order valence-corrected chi connectivity index (χ0v) is 17.9. The number of fused-ring (bicyclic) bond motifs is 2. The Labute approximate surface area is 189 Å². The summed E-state index contributed by atoms with van der Waals surface area (Å²) in [4.78, 5) is 24.2. The van der Waals surface area contributed by atoms with Gasteiger partial charge in [-0.1, -0.05) is 24.3 Å². The summed E-state index contributed by atoms with van der Waals surface area (Å²) < 4.78 is 7.65. The van der Waals surface area contributed by atoms with Crippen LogP contribution in [-0.2, 0) is 11.8 Å². The van der Waals surface area contributed by atoms with Crippen molar-refractivity contribution in [1.29, 1.82) is 0 Å². The molecule has 0 fully saturated rings. The highest BCUT2D eigenvalue weighted by Crippen LogP contribution is 2.41. The van der Waals surface area contributed by atoms with Gasteiger partial charge in [-0.05, 0) is 35.4 Å². The van der Waals surface area contributed by atoms with Crippen LogP contribution < -0.4 is 10.1 Å². The van der Waals surface area contributed by atoms with Crippen molar-refractivity contribution < 1.29 is 24.5 Å². The summed E-state index contributed by atoms with van der Waals surface area (Å²) in [6.07, 6.45) is 3.56. The van der Waals surface area contributed by atoms with Crippen LogP contribution >= 0.6 is 0 Å². The first-order valence-corrected chi connectivity index (χ1v) is 10.3. The average Bonchev–Trinajstić information content (AvgIpc) is 3.25. The number of hydrogen-bond acceptors (Lipinski definition) is 5. The van der Waals surface area contributed by atoms with E-state index >= 15 is 0 Å². The lowest BCUT2D eigenvalue weighted by Gasteiger charge is -2.08. The molecule has 2 heterocycles. The van der Waals surface area contributed by atoms with Crippen LogP contribution in [0.15, 0.2) is 66.6 Å². The van der Waals surface area contributed by atoms with Crippen LogP contribution in [-0.4, -0.2) is 26.5 Å². The van der Waals surface area contributed by atoms with Gasteiger partial charge in [0.25, 0.3) is 0 Å². The molecule has 0 saturated heterocycles. The lowest BCUT2D eigenvalue weighted by atomic mass is 9.98. The minimum atomic E-state index is -0.448. The van der Waals surface area contributed by atoms with Gasteiger partial charge in [0.05, 0.1) is 0 Å². The smallest absolute Gasteiger partial charge is 0.235 e. The SMILES string of the molecule is CC(=O)Nc1ccc(-c2cccc3c2c(/C=C2\Oc4cc(O)cc(O)c4C2=O)cn3C)cc1. The number of nitrogens with one attached hydrogen (secondary N) is 1. The van der Waals surface area contributed by atoms with Gasteiger partial charge in [-0.2, -0.15) is 0 Å². The van der Waals surface area contributed by atoms with Gasteiger partial charge in [0.15, 0.2) is 5.76 Å². The third-order valence-corrected chi connectivity index (χ3v) is 5.58. The average molecular weight is 440 g/mol. The fraction of sp³-hybridized carbons (Fsp3) is 0.0769. The topological polar surface area (TPSA) is 101 Å². The van der Waals surface area contributed by atoms with E-state index in [9.17, 15) is 19.8 Å². The lowest BCUT2D eigenvalue weighted by molar-refractivity contribution is -0.114. The number of carbonyl (C=O) groups is 2. The number of Topliss-reactive ketones (excluding diaryl/α,β-unsaturated/α-hetero) is 1. The van der Waals surface area contributed by atoms with E-state index in [2.05, 4.69) is 5.32 Å². The van der Waals surface area contributed by atoms with E-state index in [1.165, 1.54) is 13.0 Å². The number of allylic oxidation sites excluding steroid dienone is 1. The number of anilines is 1. The van der Waals surface area contributed by atoms with Gasteiger partial charge >= 0.3 is 0 Å². The quantitative estimate of drug-likeness (QED) is 0.396. The van der Waals surface area contributed by atoms with Crippen LogP contribution in [0.3, 0.4) is 0 Å². The second-order valence-corrected chi connectivity index (χ2v) is 7.93. The summed E-state index contributed by atoms with van der Waals surface area (Å²) in [7, 11) is 1.92. The Kier molecular flexibility index (Phi) is 4.67. The summed E-state index contributed by atoms with van der Waals surface area (Å²) in [5.41, 5.74) is 4.39. The van der Waals surface area contributed by atoms with E-state index in [0.717, 1.165) is 33.7 Å². The van der Waals surface area contributed by atoms with Gasteiger partial charge in [-0.3, -0.25) is 9.59 Å². The Morgan fingerprint density at radius 3 is 2.58 bits per heavy atom. The van der Waals surface area contributed by atoms with Gasteiger partial charge in [0.1, 0.15) is 22.8 Å². The van der Waals surface area contributed by atoms with Crippen LogP contribution in [0.5, 0.6) is 17.2 Å². The number of aromatic hydroxyl groups is 2. The number of ketones is 1. The zero-order chi connectivity index (χ0) is 23.3. The van der Waals surface area contributed by atoms with Crippen LogP contribution in [0.1, 0.15) is 22.8 Å². The van der Waals surface area contributed by atoms with Gasteiger partial charge in [-0.25, -0.2) is 0 Å². The maximum absolute atomic E-state index is 12.9. The molecule has 0 unspecified atom stereocenters. The standard InChI is InChI=1S/C26H20N2O5/c1-14(29)27-17-8-6-15(7-9-17)19-4-3-5-20-24(19)16(13-28(20)2)10-23-26(32)25-21(31)11-18(30)12-22(25)33-23/h3-13,30-31H,1-2H3,(H,27,29)/b23-10-. The molecule has 1 aliphatic heterocycles. The normalized spacial score (nSPS) is 13.9. The molecule has 1 aromatic heterocycles. The van der Waals surface area contributed by atoms with Crippen molar-refractivity contribution in [2.75, 3.05) is 5.32 Å². The van der Waals surface area contributed by atoms with Crippen molar-refractivity contribution in [3.05, 3.63) is 77.7 Å². The highest BCUT2D eigenvalue weighted by Gasteiger charge is 2.31. The summed E-state index contributed by atoms with van der Waals surface area (Å²) >= 11 is 0. The van der Waals surface area contributed by atoms with Gasteiger partial charge in [0, 0.05) is 54.5 Å². The molecule has 7 heteroatoms. The Bertz CT molecular complexity index is 1480. The molecule has 33 heavy (non-hydrogen) atoms. The molecular formula is C26H20N2O5. The highest BCUT2D eigenvalue weighted by molar-refractivity contribution is 6.17. The first-order chi connectivity index (χ1) is 15.8. The number of ether oxygens (including phenoxy) is 1. The number of nitrogens with zero attached hydrogens (tertiary/aromatic N) is 1. The molecule has 0 aliphatic carbocycles. The third kappa shape index (κ3) is 3.49. The molecule has 4 aromatic rings. The van der Waals surface area contributed by atoms with Crippen LogP contribution in [0.25, 0.3) is 28.1 Å². The summed E-state index contributed by atoms with van der Waals surface area (Å²) in [6, 6.07) is 15.9. The molecule has 0 spiro atoms. The number of aryl methyl sites for hydroxylation is 1. The molecule has 0 radical (unpaired) electrons. The first-order valence-electron chi connectivity index (χ1n) is 10.3. The number of hydrogen-bond donors (Lipinski definition) is 3. The summed E-state index contributed by atoms with van der Waals surface area (Å²) in [6.45, 7) is 1.46. The number of aromatic nitrogens is 1. The molecular weight excluding hydrogens is 420 g/mol. The van der Waals surface area contributed by atoms with Crippen molar-refractivity contribution in [1.82, 2.24) is 4.57 Å². The number of rotatable bonds is 3. The fourth-order valence-electron chi connectivity index (χ4n) is 4.19. The Morgan fingerprint density at radius 1 is 1.09 bits per heavy atom. The van der Waals surface area contributed by atoms with Gasteiger partial charge < -0.3 is 24.8 Å². The fourth-order valence-corrected chi connectivity index (χ4v) is 4.19. The van der Waals surface area contributed by atoms with Crippen molar-refractivity contribution in [3.8, 4) is 28.4 Å². The van der Waals surface area contributed by atoms with E-state index in [0.29, 0.717) is 5.69 Å². The minimum absolute atomic E-state index is 0.0353. The maximum Gasteiger partial charge on any atom is 0.235 e. The molecule has 0 saturated carbocycles. The van der Waals surface area contributed by atoms with E-state index in [1.54, 1.807) is 6.08 Å². The first kappa shape index (κ1) is 20.4. The largest absolute Gasteiger partial charge is 0.508 e. The van der Waals surface area contributed by atoms with Gasteiger partial charge in [-0.15, -0.1) is 0 Å². The molecule has 3 N–H and O–H groups in total. The summed E-state index contributed by atoms with van der Waals surface area (Å²) in [5.74, 6) is -0.904. The summed E-state index contributed by atoms with van der Waals surface area (Å²) in [5, 5.41) is 23.5. The maximum atomic E-state index is 12.9. The number of phenols is 2. The monoisotopic (exact) mass is 440 g/mol. The second-order valence-electron chi connectivity index (χ2n) is 7.93. The van der Waals surface area contributed by atoms with Crippen molar-refractivity contribution in [2.45, 2.75) is 6.92 Å². The zero-order valence-electron chi connectivity index (χ0n) is 17.9. The van der Waals surface area contributed by atoms with E-state index in [4.69, 9.17) is 4.74 Å². The van der Waals surface area contributed by atoms with E-state index in [1.807, 2.05) is 60.3 Å². The number of phenolic OH excluding ortho intramolecular Hbond substituents is 2. The van der Waals surface area contributed by atoms with Gasteiger partial charge in [0.2, 0.25) is 11.7 Å². The lowest BCUT2D eigenvalue weighted by Crippen LogP contribution is -2.05. The Balaban J connectivity index is 1.62. The third-order valence-electron chi connectivity index (χ3n) is 5.58. The molecule has 0 bridgehead atoms. The van der Waals surface area contributed by atoms with Crippen molar-refractivity contribution in [3.63, 3.8) is 0 Å². The number of carbonyl (C=O) groups excluding carboxylic acids is 2. The molecule has 0 atom stereocenters. The minimum Gasteiger partial charge on any atom is -0.508 e. The predicted molar refractivity (Wildman–Crippen MR) is 125 cm³/mol. The van der Waals surface area contributed by atoms with Crippen LogP contribution in [0, 0.1) is 0 Å². The van der Waals surface area contributed by atoms with E-state index < -0.39 is 5.78 Å². The van der Waals surface area contributed by atoms with E-state index in [-0.39, 0.29) is 34.5 Å². The predicted octanol–water partition coefficient (Wildman–Crippen LogP) is 4.83. The second kappa shape index (κ2) is 7.56. The van der Waals surface area contributed by atoms with Crippen molar-refractivity contribution >= 4 is 34.4 Å². The number of amides is 1. The number of benzene rings is 3. The van der Waals surface area contributed by atoms with Crippen LogP contribution in [0.4, 0.5) is 5.69 Å². The highest BCUT2D eigenvalue weighted by atomic mass is 16.5. The molecule has 164 valence electrons. The Hall–Kier alpha value is -4.52. The molecule has 5 rings (SSSR count). The molecule has 1 amide bonds. The molecule has 3 aromatic carbocycles. The van der Waals surface area contributed by atoms with Crippen molar-refractivity contribution in [2.24, 2.45) is 7.05 Å². The molecule has 1 aliphatic rings. The van der Waals surface area contributed by atoms with Crippen LogP contribution in [0.2, 0.25) is 0 Å². The Morgan fingerprint density at radius 2 is 1.85 bits per heavy atom. The molecule has 7 nitrogen and oxygen atoms in total.